The van der Waals surface area contributed by atoms with Crippen LogP contribution in [0.3, 0.4) is 0 Å². The summed E-state index contributed by atoms with van der Waals surface area (Å²) >= 11 is 0. The van der Waals surface area contributed by atoms with Crippen molar-refractivity contribution in [3.05, 3.63) is 59.2 Å². The third-order valence-electron chi connectivity index (χ3n) is 3.71. The monoisotopic (exact) mass is 253 g/mol. The Morgan fingerprint density at radius 3 is 2.74 bits per heavy atom. The van der Waals surface area contributed by atoms with E-state index in [1.807, 2.05) is 19.1 Å². The van der Waals surface area contributed by atoms with Gasteiger partial charge >= 0.3 is 0 Å². The van der Waals surface area contributed by atoms with E-state index in [1.54, 1.807) is 6.07 Å². The second-order valence-corrected chi connectivity index (χ2v) is 5.37. The van der Waals surface area contributed by atoms with Gasteiger partial charge in [0, 0.05) is 18.3 Å². The van der Waals surface area contributed by atoms with Gasteiger partial charge in [-0.3, -0.25) is 0 Å². The van der Waals surface area contributed by atoms with E-state index in [2.05, 4.69) is 29.6 Å². The van der Waals surface area contributed by atoms with Crippen LogP contribution in [-0.4, -0.2) is 5.11 Å². The highest BCUT2D eigenvalue weighted by molar-refractivity contribution is 5.51. The van der Waals surface area contributed by atoms with Crippen molar-refractivity contribution in [3.8, 4) is 5.75 Å². The maximum absolute atomic E-state index is 9.68. The first kappa shape index (κ1) is 12.1. The van der Waals surface area contributed by atoms with Gasteiger partial charge in [0.05, 0.1) is 0 Å². The molecule has 3 rings (SSSR count). The topological polar surface area (TPSA) is 32.3 Å². The van der Waals surface area contributed by atoms with Crippen LogP contribution in [0.5, 0.6) is 5.75 Å². The maximum Gasteiger partial charge on any atom is 0.120 e. The van der Waals surface area contributed by atoms with Crippen LogP contribution in [0, 0.1) is 6.92 Å². The molecule has 0 radical (unpaired) electrons. The summed E-state index contributed by atoms with van der Waals surface area (Å²) in [4.78, 5) is 0. The number of rotatable bonds is 4. The number of aryl methyl sites for hydroxylation is 1. The molecule has 0 spiro atoms. The van der Waals surface area contributed by atoms with E-state index in [9.17, 15) is 5.11 Å². The van der Waals surface area contributed by atoms with E-state index < -0.39 is 0 Å². The molecule has 1 aliphatic carbocycles. The van der Waals surface area contributed by atoms with Gasteiger partial charge in [-0.15, -0.1) is 0 Å². The summed E-state index contributed by atoms with van der Waals surface area (Å²) in [7, 11) is 0. The van der Waals surface area contributed by atoms with Gasteiger partial charge in [0.25, 0.3) is 0 Å². The minimum absolute atomic E-state index is 0.344. The molecule has 0 atom stereocenters. The summed E-state index contributed by atoms with van der Waals surface area (Å²) in [5, 5.41) is 13.0. The fourth-order valence-corrected chi connectivity index (χ4v) is 2.30. The van der Waals surface area contributed by atoms with Crippen molar-refractivity contribution >= 4 is 5.69 Å². The van der Waals surface area contributed by atoms with Gasteiger partial charge in [0.1, 0.15) is 5.75 Å². The average molecular weight is 253 g/mol. The molecule has 0 heterocycles. The molecule has 1 aliphatic rings. The van der Waals surface area contributed by atoms with Gasteiger partial charge in [-0.2, -0.15) is 0 Å². The van der Waals surface area contributed by atoms with Gasteiger partial charge in [-0.25, -0.2) is 0 Å². The fraction of sp³-hybridized carbons (Fsp3) is 0.294. The van der Waals surface area contributed by atoms with Crippen LogP contribution in [0.25, 0.3) is 0 Å². The molecule has 0 unspecified atom stereocenters. The van der Waals surface area contributed by atoms with Crippen molar-refractivity contribution in [2.24, 2.45) is 0 Å². The van der Waals surface area contributed by atoms with Crippen LogP contribution in [0.15, 0.2) is 42.5 Å². The van der Waals surface area contributed by atoms with E-state index in [0.717, 1.165) is 23.7 Å². The number of aromatic hydroxyl groups is 1. The zero-order chi connectivity index (χ0) is 13.2. The average Bonchev–Trinajstić information content (AvgIpc) is 3.25. The third kappa shape index (κ3) is 2.90. The van der Waals surface area contributed by atoms with E-state index in [0.29, 0.717) is 5.75 Å². The second kappa shape index (κ2) is 4.96. The molecule has 2 N–H and O–H groups in total. The van der Waals surface area contributed by atoms with E-state index in [4.69, 9.17) is 0 Å². The molecule has 0 aliphatic heterocycles. The van der Waals surface area contributed by atoms with E-state index >= 15 is 0 Å². The Hall–Kier alpha value is -1.96. The summed E-state index contributed by atoms with van der Waals surface area (Å²) in [5.41, 5.74) is 4.62. The Bertz CT molecular complexity index is 588. The first-order valence-electron chi connectivity index (χ1n) is 6.85. The van der Waals surface area contributed by atoms with Crippen molar-refractivity contribution < 1.29 is 5.11 Å². The fourth-order valence-electron chi connectivity index (χ4n) is 2.30. The standard InChI is InChI=1S/C17H19NO/c1-12-5-8-16(10-17(12)19)18-11-13-3-2-4-15(9-13)14-6-7-14/h2-5,8-10,14,18-19H,6-7,11H2,1H3. The Labute approximate surface area is 114 Å². The second-order valence-electron chi connectivity index (χ2n) is 5.37. The molecule has 0 amide bonds. The first-order chi connectivity index (χ1) is 9.22. The van der Waals surface area contributed by atoms with Gasteiger partial charge < -0.3 is 10.4 Å². The number of hydrogen-bond donors (Lipinski definition) is 2. The van der Waals surface area contributed by atoms with Crippen LogP contribution < -0.4 is 5.32 Å². The molecule has 19 heavy (non-hydrogen) atoms. The number of nitrogens with one attached hydrogen (secondary N) is 1. The SMILES string of the molecule is Cc1ccc(NCc2cccc(C3CC3)c2)cc1O. The zero-order valence-corrected chi connectivity index (χ0v) is 11.2. The Morgan fingerprint density at radius 2 is 2.00 bits per heavy atom. The van der Waals surface area contributed by atoms with Gasteiger partial charge in [0.15, 0.2) is 0 Å². The molecular formula is C17H19NO. The number of anilines is 1. The Morgan fingerprint density at radius 1 is 1.16 bits per heavy atom. The molecule has 0 aromatic heterocycles. The highest BCUT2D eigenvalue weighted by atomic mass is 16.3. The van der Waals surface area contributed by atoms with Crippen molar-refractivity contribution in [1.29, 1.82) is 0 Å². The molecule has 2 heteroatoms. The molecule has 1 saturated carbocycles. The predicted molar refractivity (Wildman–Crippen MR) is 78.6 cm³/mol. The largest absolute Gasteiger partial charge is 0.508 e. The number of phenolic OH excluding ortho intramolecular Hbond substituents is 1. The lowest BCUT2D eigenvalue weighted by Crippen LogP contribution is -1.99. The Kier molecular flexibility index (Phi) is 3.16. The molecule has 1 fully saturated rings. The highest BCUT2D eigenvalue weighted by Gasteiger charge is 2.23. The van der Waals surface area contributed by atoms with Crippen LogP contribution in [-0.2, 0) is 6.54 Å². The van der Waals surface area contributed by atoms with Crippen LogP contribution in [0.1, 0.15) is 35.4 Å². The molecule has 2 aromatic rings. The Balaban J connectivity index is 1.68. The number of hydrogen-bond acceptors (Lipinski definition) is 2. The summed E-state index contributed by atoms with van der Waals surface area (Å²) in [6.45, 7) is 2.70. The molecule has 98 valence electrons. The molecule has 0 saturated heterocycles. The lowest BCUT2D eigenvalue weighted by Gasteiger charge is -2.09. The smallest absolute Gasteiger partial charge is 0.120 e. The van der Waals surface area contributed by atoms with Gasteiger partial charge in [-0.1, -0.05) is 30.3 Å². The summed E-state index contributed by atoms with van der Waals surface area (Å²) < 4.78 is 0. The maximum atomic E-state index is 9.68. The van der Waals surface area contributed by atoms with Crippen molar-refractivity contribution in [2.45, 2.75) is 32.2 Å². The molecule has 2 aromatic carbocycles. The predicted octanol–water partition coefficient (Wildman–Crippen LogP) is 4.19. The normalized spacial score (nSPS) is 14.4. The minimum Gasteiger partial charge on any atom is -0.508 e. The zero-order valence-electron chi connectivity index (χ0n) is 11.2. The lowest BCUT2D eigenvalue weighted by molar-refractivity contribution is 0.471. The van der Waals surface area contributed by atoms with Crippen molar-refractivity contribution in [1.82, 2.24) is 0 Å². The van der Waals surface area contributed by atoms with Crippen LogP contribution in [0.2, 0.25) is 0 Å². The summed E-state index contributed by atoms with van der Waals surface area (Å²) in [5.74, 6) is 1.14. The van der Waals surface area contributed by atoms with Gasteiger partial charge in [-0.05, 0) is 48.4 Å². The number of benzene rings is 2. The van der Waals surface area contributed by atoms with Gasteiger partial charge in [0.2, 0.25) is 0 Å². The summed E-state index contributed by atoms with van der Waals surface area (Å²) in [6, 6.07) is 14.5. The van der Waals surface area contributed by atoms with Crippen LogP contribution >= 0.6 is 0 Å². The van der Waals surface area contributed by atoms with E-state index in [1.165, 1.54) is 24.0 Å². The van der Waals surface area contributed by atoms with E-state index in [-0.39, 0.29) is 0 Å². The molecular weight excluding hydrogens is 234 g/mol. The summed E-state index contributed by atoms with van der Waals surface area (Å²) in [6.07, 6.45) is 2.67. The highest BCUT2D eigenvalue weighted by Crippen LogP contribution is 2.40. The first-order valence-corrected chi connectivity index (χ1v) is 6.85. The number of phenols is 1. The molecule has 2 nitrogen and oxygen atoms in total. The lowest BCUT2D eigenvalue weighted by atomic mass is 10.1. The minimum atomic E-state index is 0.344. The third-order valence-corrected chi connectivity index (χ3v) is 3.71. The quantitative estimate of drug-likeness (QED) is 0.856. The van der Waals surface area contributed by atoms with Crippen molar-refractivity contribution in [3.63, 3.8) is 0 Å². The van der Waals surface area contributed by atoms with Crippen LogP contribution in [0.4, 0.5) is 5.69 Å². The molecule has 0 bridgehead atoms. The van der Waals surface area contributed by atoms with Crippen molar-refractivity contribution in [2.75, 3.05) is 5.32 Å².